The maximum Gasteiger partial charge on any atom is 0.422 e. The van der Waals surface area contributed by atoms with Crippen molar-refractivity contribution in [3.8, 4) is 17.3 Å². The van der Waals surface area contributed by atoms with Gasteiger partial charge in [-0.3, -0.25) is 0 Å². The molecule has 33 heavy (non-hydrogen) atoms. The van der Waals surface area contributed by atoms with Crippen LogP contribution in [0.5, 0.6) is 5.75 Å². The average Bonchev–Trinajstić information content (AvgIpc) is 3.39. The number of nitrogens with zero attached hydrogens (tertiary/aromatic N) is 3. The molecule has 0 aliphatic rings. The number of hydrogen-bond donors (Lipinski definition) is 2. The fraction of sp³-hybridized carbons (Fsp3) is 0.211. The number of benzene rings is 2. The third-order valence-electron chi connectivity index (χ3n) is 4.41. The van der Waals surface area contributed by atoms with E-state index in [4.69, 9.17) is 4.42 Å². The van der Waals surface area contributed by atoms with Gasteiger partial charge in [0.15, 0.2) is 12.4 Å². The number of H-pyrrole nitrogens is 1. The molecule has 2 heterocycles. The molecule has 0 spiro atoms. The van der Waals surface area contributed by atoms with Crippen LogP contribution in [0.1, 0.15) is 11.1 Å². The lowest BCUT2D eigenvalue weighted by molar-refractivity contribution is -0.158. The fourth-order valence-electron chi connectivity index (χ4n) is 2.96. The summed E-state index contributed by atoms with van der Waals surface area (Å²) in [7, 11) is 0. The molecule has 2 aromatic heterocycles. The van der Waals surface area contributed by atoms with Gasteiger partial charge in [0.25, 0.3) is 0 Å². The molecule has 2 aromatic carbocycles. The second kappa shape index (κ2) is 8.57. The Kier molecular flexibility index (Phi) is 5.95. The lowest BCUT2D eigenvalue weighted by Crippen LogP contribution is -2.21. The first-order valence-corrected chi connectivity index (χ1v) is 9.89. The maximum absolute atomic E-state index is 13.3. The van der Waals surface area contributed by atoms with Crippen molar-refractivity contribution in [2.75, 3.05) is 11.9 Å². The van der Waals surface area contributed by atoms with E-state index in [0.29, 0.717) is 27.4 Å². The lowest BCUT2D eigenvalue weighted by atomic mass is 10.1. The topological polar surface area (TPSA) is 88.9 Å². The van der Waals surface area contributed by atoms with Gasteiger partial charge in [0, 0.05) is 22.1 Å². The van der Waals surface area contributed by atoms with Gasteiger partial charge in [-0.15, -0.1) is 10.2 Å². The molecule has 14 heteroatoms. The van der Waals surface area contributed by atoms with Gasteiger partial charge in [-0.25, -0.2) is 0 Å². The highest BCUT2D eigenvalue weighted by Crippen LogP contribution is 2.39. The highest BCUT2D eigenvalue weighted by atomic mass is 79.9. The third kappa shape index (κ3) is 5.38. The number of anilines is 1. The first-order valence-electron chi connectivity index (χ1n) is 9.10. The monoisotopic (exact) mass is 535 g/mol. The highest BCUT2D eigenvalue weighted by Gasteiger charge is 2.36. The Morgan fingerprint density at radius 2 is 1.85 bits per heavy atom. The summed E-state index contributed by atoms with van der Waals surface area (Å²) < 4.78 is 87.8. The molecule has 0 unspecified atom stereocenters. The van der Waals surface area contributed by atoms with Crippen LogP contribution in [-0.4, -0.2) is 33.4 Å². The highest BCUT2D eigenvalue weighted by molar-refractivity contribution is 9.10. The molecule has 0 bridgehead atoms. The van der Waals surface area contributed by atoms with E-state index in [0.717, 1.165) is 11.5 Å². The van der Waals surface area contributed by atoms with Crippen molar-refractivity contribution >= 4 is 32.6 Å². The lowest BCUT2D eigenvalue weighted by Gasteiger charge is -2.17. The minimum atomic E-state index is -4.90. The normalized spacial score (nSPS) is 12.3. The summed E-state index contributed by atoms with van der Waals surface area (Å²) >= 11 is 3.41. The molecule has 0 saturated carbocycles. The van der Waals surface area contributed by atoms with Crippen LogP contribution in [-0.2, 0) is 12.7 Å². The zero-order chi connectivity index (χ0) is 23.8. The molecular formula is C19H12BrF6N5O2. The molecule has 0 atom stereocenters. The van der Waals surface area contributed by atoms with Crippen molar-refractivity contribution in [1.29, 1.82) is 0 Å². The zero-order valence-corrected chi connectivity index (χ0v) is 17.8. The Morgan fingerprint density at radius 1 is 1.06 bits per heavy atom. The minimum absolute atomic E-state index is 0.0422. The minimum Gasteiger partial charge on any atom is -0.483 e. The number of nitrogens with one attached hydrogen (secondary N) is 2. The van der Waals surface area contributed by atoms with Crippen molar-refractivity contribution < 1.29 is 35.5 Å². The first-order chi connectivity index (χ1) is 15.5. The van der Waals surface area contributed by atoms with Gasteiger partial charge in [-0.1, -0.05) is 15.9 Å². The fourth-order valence-corrected chi connectivity index (χ4v) is 3.46. The van der Waals surface area contributed by atoms with E-state index in [2.05, 4.69) is 46.6 Å². The van der Waals surface area contributed by atoms with Gasteiger partial charge in [0.2, 0.25) is 5.82 Å². The van der Waals surface area contributed by atoms with E-state index in [9.17, 15) is 26.3 Å². The number of ether oxygens (including phenoxy) is 1. The van der Waals surface area contributed by atoms with Crippen LogP contribution in [0.25, 0.3) is 22.6 Å². The molecule has 0 saturated heterocycles. The largest absolute Gasteiger partial charge is 0.483 e. The Labute approximate surface area is 189 Å². The van der Waals surface area contributed by atoms with Crippen LogP contribution in [0.3, 0.4) is 0 Å². The second-order valence-electron chi connectivity index (χ2n) is 6.79. The van der Waals surface area contributed by atoms with Crippen molar-refractivity contribution in [2.24, 2.45) is 0 Å². The number of aromatic amines is 1. The summed E-state index contributed by atoms with van der Waals surface area (Å²) in [6.07, 6.45) is -9.67. The molecule has 2 N–H and O–H groups in total. The zero-order valence-electron chi connectivity index (χ0n) is 16.2. The maximum atomic E-state index is 13.3. The Balaban J connectivity index is 1.55. The molecule has 0 fully saturated rings. The van der Waals surface area contributed by atoms with Crippen molar-refractivity contribution in [1.82, 2.24) is 20.6 Å². The first kappa shape index (κ1) is 22.9. The Hall–Kier alpha value is -3.29. The molecule has 0 aliphatic heterocycles. The molecule has 174 valence electrons. The van der Waals surface area contributed by atoms with Gasteiger partial charge in [-0.2, -0.15) is 31.6 Å². The standard InChI is InChI=1S/C19H12BrF6N5O2/c20-13-3-9-4-16(17-28-30-31-29-17)33-15(9)5-10(13)7-27-11-1-2-14(32-8-18(21,22)23)12(6-11)19(24,25)26/h1-6,27H,7-8H2,(H,28,29,30,31). The predicted molar refractivity (Wildman–Crippen MR) is 107 cm³/mol. The number of aromatic nitrogens is 4. The van der Waals surface area contributed by atoms with Gasteiger partial charge in [0.05, 0.1) is 5.56 Å². The summed E-state index contributed by atoms with van der Waals surface area (Å²) in [5.41, 5.74) is -0.133. The van der Waals surface area contributed by atoms with E-state index in [1.807, 2.05) is 0 Å². The van der Waals surface area contributed by atoms with Crippen LogP contribution in [0.15, 0.2) is 45.3 Å². The van der Waals surface area contributed by atoms with Crippen LogP contribution >= 0.6 is 15.9 Å². The number of halogens is 7. The molecule has 4 aromatic rings. The molecular weight excluding hydrogens is 524 g/mol. The molecule has 4 rings (SSSR count). The molecule has 0 radical (unpaired) electrons. The summed E-state index contributed by atoms with van der Waals surface area (Å²) in [5.74, 6) is -0.271. The van der Waals surface area contributed by atoms with Crippen LogP contribution < -0.4 is 10.1 Å². The van der Waals surface area contributed by atoms with E-state index >= 15 is 0 Å². The quantitative estimate of drug-likeness (QED) is 0.297. The Bertz CT molecular complexity index is 1270. The summed E-state index contributed by atoms with van der Waals surface area (Å²) in [5, 5.41) is 17.0. The van der Waals surface area contributed by atoms with Gasteiger partial charge in [0.1, 0.15) is 11.3 Å². The number of hydrogen-bond acceptors (Lipinski definition) is 6. The molecule has 7 nitrogen and oxygen atoms in total. The molecule has 0 amide bonds. The molecule has 0 aliphatic carbocycles. The SMILES string of the molecule is FC(F)(F)COc1ccc(NCc2cc3oc(-c4nn[nH]n4)cc3cc2Br)cc1C(F)(F)F. The second-order valence-corrected chi connectivity index (χ2v) is 7.65. The van der Waals surface area contributed by atoms with Crippen molar-refractivity contribution in [3.63, 3.8) is 0 Å². The van der Waals surface area contributed by atoms with Crippen molar-refractivity contribution in [2.45, 2.75) is 18.9 Å². The summed E-state index contributed by atoms with van der Waals surface area (Å²) in [6, 6.07) is 7.89. The van der Waals surface area contributed by atoms with E-state index < -0.39 is 30.3 Å². The number of rotatable bonds is 6. The average molecular weight is 536 g/mol. The van der Waals surface area contributed by atoms with Crippen LogP contribution in [0.2, 0.25) is 0 Å². The van der Waals surface area contributed by atoms with Crippen LogP contribution in [0, 0.1) is 0 Å². The van der Waals surface area contributed by atoms with E-state index in [-0.39, 0.29) is 18.1 Å². The van der Waals surface area contributed by atoms with E-state index in [1.165, 1.54) is 6.07 Å². The van der Waals surface area contributed by atoms with Gasteiger partial charge >= 0.3 is 12.4 Å². The third-order valence-corrected chi connectivity index (χ3v) is 5.15. The number of alkyl halides is 6. The van der Waals surface area contributed by atoms with E-state index in [1.54, 1.807) is 18.2 Å². The number of tetrazole rings is 1. The smallest absolute Gasteiger partial charge is 0.422 e. The van der Waals surface area contributed by atoms with Gasteiger partial charge < -0.3 is 14.5 Å². The van der Waals surface area contributed by atoms with Crippen molar-refractivity contribution in [3.05, 3.63) is 52.0 Å². The Morgan fingerprint density at radius 3 is 2.52 bits per heavy atom. The van der Waals surface area contributed by atoms with Gasteiger partial charge in [-0.05, 0) is 47.2 Å². The summed E-state index contributed by atoms with van der Waals surface area (Å²) in [4.78, 5) is 0. The number of fused-ring (bicyclic) bond motifs is 1. The predicted octanol–water partition coefficient (Wildman–Crippen LogP) is 5.95. The number of furan rings is 1. The summed E-state index contributed by atoms with van der Waals surface area (Å²) in [6.45, 7) is -1.74. The van der Waals surface area contributed by atoms with Crippen LogP contribution in [0.4, 0.5) is 32.0 Å².